The molecular weight excluding hydrogens is 569 g/mol. The van der Waals surface area contributed by atoms with Gasteiger partial charge < -0.3 is 10.2 Å². The maximum atomic E-state index is 14.1. The number of halogens is 2. The number of rotatable bonds is 12. The van der Waals surface area contributed by atoms with E-state index in [-0.39, 0.29) is 39.1 Å². The zero-order valence-corrected chi connectivity index (χ0v) is 25.4. The Morgan fingerprint density at radius 3 is 2.12 bits per heavy atom. The standard InChI is InChI=1S/C30H35Cl2N3O4S/c1-5-22(4)33-30(37)28(6-2)34(19-23-14-12-21(3)13-15-23)29(36)20-35(24-16-17-26(31)27(32)18-24)40(38,39)25-10-8-7-9-11-25/h7-18,22,28H,5-6,19-20H2,1-4H3,(H,33,37). The lowest BCUT2D eigenvalue weighted by atomic mass is 10.1. The second kappa shape index (κ2) is 14.0. The molecule has 0 heterocycles. The first kappa shape index (κ1) is 31.5. The molecular formula is C30H35Cl2N3O4S. The van der Waals surface area contributed by atoms with E-state index < -0.39 is 28.5 Å². The van der Waals surface area contributed by atoms with E-state index in [2.05, 4.69) is 5.32 Å². The first-order chi connectivity index (χ1) is 19.0. The minimum Gasteiger partial charge on any atom is -0.352 e. The zero-order chi connectivity index (χ0) is 29.4. The number of nitrogens with zero attached hydrogens (tertiary/aromatic N) is 2. The van der Waals surface area contributed by atoms with E-state index in [0.29, 0.717) is 6.42 Å². The molecule has 7 nitrogen and oxygen atoms in total. The van der Waals surface area contributed by atoms with Crippen molar-refractivity contribution in [2.75, 3.05) is 10.8 Å². The number of nitrogens with one attached hydrogen (secondary N) is 1. The van der Waals surface area contributed by atoms with Crippen LogP contribution >= 0.6 is 23.2 Å². The highest BCUT2D eigenvalue weighted by atomic mass is 35.5. The molecule has 0 saturated heterocycles. The van der Waals surface area contributed by atoms with Crippen LogP contribution in [0.15, 0.2) is 77.7 Å². The fraction of sp³-hybridized carbons (Fsp3) is 0.333. The number of aryl methyl sites for hydroxylation is 1. The molecule has 214 valence electrons. The Bertz CT molecular complexity index is 1420. The smallest absolute Gasteiger partial charge is 0.264 e. The van der Waals surface area contributed by atoms with Crippen LogP contribution < -0.4 is 9.62 Å². The molecule has 0 fully saturated rings. The third kappa shape index (κ3) is 7.77. The van der Waals surface area contributed by atoms with E-state index in [1.807, 2.05) is 52.0 Å². The summed E-state index contributed by atoms with van der Waals surface area (Å²) < 4.78 is 28.7. The van der Waals surface area contributed by atoms with Crippen molar-refractivity contribution in [2.45, 2.75) is 64.1 Å². The summed E-state index contributed by atoms with van der Waals surface area (Å²) in [5.74, 6) is -0.818. The van der Waals surface area contributed by atoms with Gasteiger partial charge in [0.25, 0.3) is 10.0 Å². The van der Waals surface area contributed by atoms with E-state index in [4.69, 9.17) is 23.2 Å². The second-order valence-electron chi connectivity index (χ2n) is 9.67. The SMILES string of the molecule is CCC(C)NC(=O)C(CC)N(Cc1ccc(C)cc1)C(=O)CN(c1ccc(Cl)c(Cl)c1)S(=O)(=O)c1ccccc1. The summed E-state index contributed by atoms with van der Waals surface area (Å²) in [5, 5.41) is 3.37. The number of sulfonamides is 1. The molecule has 0 aromatic heterocycles. The fourth-order valence-corrected chi connectivity index (χ4v) is 5.86. The molecule has 0 aliphatic heterocycles. The van der Waals surface area contributed by atoms with Gasteiger partial charge in [-0.25, -0.2) is 8.42 Å². The number of carbonyl (C=O) groups excluding carboxylic acids is 2. The van der Waals surface area contributed by atoms with Gasteiger partial charge in [0.15, 0.2) is 0 Å². The van der Waals surface area contributed by atoms with Gasteiger partial charge in [0.2, 0.25) is 11.8 Å². The molecule has 1 N–H and O–H groups in total. The Morgan fingerprint density at radius 1 is 0.900 bits per heavy atom. The van der Waals surface area contributed by atoms with Crippen LogP contribution in [0.25, 0.3) is 0 Å². The van der Waals surface area contributed by atoms with Crippen LogP contribution in [0.1, 0.15) is 44.7 Å². The molecule has 0 radical (unpaired) electrons. The van der Waals surface area contributed by atoms with Gasteiger partial charge in [-0.05, 0) is 62.6 Å². The van der Waals surface area contributed by atoms with E-state index in [1.54, 1.807) is 18.2 Å². The minimum atomic E-state index is -4.18. The maximum Gasteiger partial charge on any atom is 0.264 e. The second-order valence-corrected chi connectivity index (χ2v) is 12.3. The van der Waals surface area contributed by atoms with Crippen molar-refractivity contribution < 1.29 is 18.0 Å². The molecule has 2 atom stereocenters. The summed E-state index contributed by atoms with van der Waals surface area (Å²) >= 11 is 12.4. The van der Waals surface area contributed by atoms with Crippen molar-refractivity contribution in [3.05, 3.63) is 94.0 Å². The summed E-state index contributed by atoms with van der Waals surface area (Å²) in [5.41, 5.74) is 2.06. The molecule has 2 unspecified atom stereocenters. The van der Waals surface area contributed by atoms with Gasteiger partial charge in [-0.15, -0.1) is 0 Å². The molecule has 2 amide bonds. The highest BCUT2D eigenvalue weighted by Crippen LogP contribution is 2.31. The average molecular weight is 605 g/mol. The average Bonchev–Trinajstić information content (AvgIpc) is 2.94. The third-order valence-electron chi connectivity index (χ3n) is 6.66. The Balaban J connectivity index is 2.06. The molecule has 0 spiro atoms. The number of carbonyl (C=O) groups is 2. The molecule has 0 aliphatic carbocycles. The Hall–Kier alpha value is -3.07. The van der Waals surface area contributed by atoms with Crippen LogP contribution in [0.4, 0.5) is 5.69 Å². The van der Waals surface area contributed by atoms with Crippen molar-refractivity contribution in [3.63, 3.8) is 0 Å². The molecule has 3 aromatic rings. The van der Waals surface area contributed by atoms with Gasteiger partial charge in [-0.3, -0.25) is 13.9 Å². The summed E-state index contributed by atoms with van der Waals surface area (Å²) in [6.45, 7) is 7.23. The van der Waals surface area contributed by atoms with Crippen LogP contribution in [0.5, 0.6) is 0 Å². The molecule has 40 heavy (non-hydrogen) atoms. The van der Waals surface area contributed by atoms with Gasteiger partial charge >= 0.3 is 0 Å². The summed E-state index contributed by atoms with van der Waals surface area (Å²) in [6.07, 6.45) is 1.08. The highest BCUT2D eigenvalue weighted by molar-refractivity contribution is 7.92. The van der Waals surface area contributed by atoms with E-state index in [9.17, 15) is 18.0 Å². The Kier molecular flexibility index (Phi) is 11.0. The lowest BCUT2D eigenvalue weighted by molar-refractivity contribution is -0.140. The predicted molar refractivity (Wildman–Crippen MR) is 161 cm³/mol. The zero-order valence-electron chi connectivity index (χ0n) is 23.1. The topological polar surface area (TPSA) is 86.8 Å². The van der Waals surface area contributed by atoms with E-state index in [1.165, 1.54) is 35.2 Å². The van der Waals surface area contributed by atoms with Crippen molar-refractivity contribution in [1.82, 2.24) is 10.2 Å². The van der Waals surface area contributed by atoms with Gasteiger partial charge in [0, 0.05) is 12.6 Å². The van der Waals surface area contributed by atoms with Gasteiger partial charge in [-0.1, -0.05) is 85.1 Å². The number of amides is 2. The first-order valence-electron chi connectivity index (χ1n) is 13.2. The van der Waals surface area contributed by atoms with Crippen molar-refractivity contribution in [1.29, 1.82) is 0 Å². The summed E-state index contributed by atoms with van der Waals surface area (Å²) in [7, 11) is -4.18. The normalized spacial score (nSPS) is 12.8. The number of benzene rings is 3. The number of hydrogen-bond donors (Lipinski definition) is 1. The molecule has 10 heteroatoms. The van der Waals surface area contributed by atoms with Gasteiger partial charge in [0.05, 0.1) is 20.6 Å². The monoisotopic (exact) mass is 603 g/mol. The van der Waals surface area contributed by atoms with Crippen LogP contribution in [-0.2, 0) is 26.2 Å². The number of anilines is 1. The third-order valence-corrected chi connectivity index (χ3v) is 9.19. The fourth-order valence-electron chi connectivity index (χ4n) is 4.14. The van der Waals surface area contributed by atoms with Gasteiger partial charge in [-0.2, -0.15) is 0 Å². The van der Waals surface area contributed by atoms with Crippen LogP contribution in [0.2, 0.25) is 10.0 Å². The summed E-state index contributed by atoms with van der Waals surface area (Å²) in [4.78, 5) is 28.9. The van der Waals surface area contributed by atoms with Crippen molar-refractivity contribution >= 4 is 50.7 Å². The molecule has 0 saturated carbocycles. The Labute approximate surface area is 247 Å². The van der Waals surface area contributed by atoms with Crippen LogP contribution in [0, 0.1) is 6.92 Å². The molecule has 0 bridgehead atoms. The van der Waals surface area contributed by atoms with E-state index in [0.717, 1.165) is 21.9 Å². The lowest BCUT2D eigenvalue weighted by Gasteiger charge is -2.33. The minimum absolute atomic E-state index is 0.0144. The molecule has 3 aromatic carbocycles. The predicted octanol–water partition coefficient (Wildman–Crippen LogP) is 6.22. The number of hydrogen-bond acceptors (Lipinski definition) is 4. The van der Waals surface area contributed by atoms with Crippen molar-refractivity contribution in [2.24, 2.45) is 0 Å². The first-order valence-corrected chi connectivity index (χ1v) is 15.4. The van der Waals surface area contributed by atoms with Crippen LogP contribution in [-0.4, -0.2) is 43.8 Å². The maximum absolute atomic E-state index is 14.1. The summed E-state index contributed by atoms with van der Waals surface area (Å²) in [6, 6.07) is 19.0. The lowest BCUT2D eigenvalue weighted by Crippen LogP contribution is -2.53. The van der Waals surface area contributed by atoms with Crippen LogP contribution in [0.3, 0.4) is 0 Å². The highest BCUT2D eigenvalue weighted by Gasteiger charge is 2.34. The van der Waals surface area contributed by atoms with E-state index >= 15 is 0 Å². The van der Waals surface area contributed by atoms with Crippen molar-refractivity contribution in [3.8, 4) is 0 Å². The molecule has 0 aliphatic rings. The quantitative estimate of drug-likeness (QED) is 0.266. The largest absolute Gasteiger partial charge is 0.352 e. The Morgan fingerprint density at radius 2 is 1.55 bits per heavy atom. The van der Waals surface area contributed by atoms with Gasteiger partial charge in [0.1, 0.15) is 12.6 Å². The molecule has 3 rings (SSSR count).